The van der Waals surface area contributed by atoms with E-state index in [0.717, 1.165) is 11.3 Å². The number of aromatic nitrogens is 1. The van der Waals surface area contributed by atoms with Gasteiger partial charge < -0.3 is 10.1 Å². The van der Waals surface area contributed by atoms with Crippen LogP contribution in [0.1, 0.15) is 41.5 Å². The van der Waals surface area contributed by atoms with E-state index in [4.69, 9.17) is 4.98 Å². The Hall–Kier alpha value is -3.33. The van der Waals surface area contributed by atoms with E-state index < -0.39 is 5.41 Å². The first-order valence-electron chi connectivity index (χ1n) is 12.6. The van der Waals surface area contributed by atoms with E-state index in [0.29, 0.717) is 0 Å². The van der Waals surface area contributed by atoms with Gasteiger partial charge in [0.15, 0.2) is 5.78 Å². The van der Waals surface area contributed by atoms with Gasteiger partial charge >= 0.3 is 0 Å². The van der Waals surface area contributed by atoms with Crippen molar-refractivity contribution in [2.75, 3.05) is 0 Å². The maximum absolute atomic E-state index is 11.5. The number of carbonyl (C=O) groups is 1. The molecule has 4 aromatic carbocycles. The summed E-state index contributed by atoms with van der Waals surface area (Å²) in [5, 5.41) is 16.9. The van der Waals surface area contributed by atoms with Crippen molar-refractivity contribution in [3.8, 4) is 11.3 Å². The summed E-state index contributed by atoms with van der Waals surface area (Å²) in [5.41, 5.74) is 1.30. The second-order valence-corrected chi connectivity index (χ2v) is 11.4. The third-order valence-electron chi connectivity index (χ3n) is 6.40. The van der Waals surface area contributed by atoms with Crippen molar-refractivity contribution in [1.82, 2.24) is 4.98 Å². The van der Waals surface area contributed by atoms with Gasteiger partial charge in [-0.1, -0.05) is 108 Å². The molecule has 1 radical (unpaired) electrons. The first-order chi connectivity index (χ1) is 17.5. The maximum atomic E-state index is 11.5. The van der Waals surface area contributed by atoms with E-state index in [2.05, 4.69) is 78.9 Å². The summed E-state index contributed by atoms with van der Waals surface area (Å²) in [6, 6.07) is 30.8. The Morgan fingerprint density at radius 1 is 0.737 bits per heavy atom. The van der Waals surface area contributed by atoms with E-state index in [9.17, 15) is 9.90 Å². The predicted molar refractivity (Wildman–Crippen MR) is 156 cm³/mol. The molecule has 0 bridgehead atoms. The summed E-state index contributed by atoms with van der Waals surface area (Å²) in [6.07, 6.45) is 3.24. The molecule has 1 aromatic heterocycles. The monoisotopic (exact) mass is 681 g/mol. The average molecular weight is 681 g/mol. The van der Waals surface area contributed by atoms with Gasteiger partial charge in [0.25, 0.3) is 0 Å². The van der Waals surface area contributed by atoms with Crippen LogP contribution in [0.3, 0.4) is 0 Å². The van der Waals surface area contributed by atoms with E-state index in [-0.39, 0.29) is 37.1 Å². The number of fused-ring (bicyclic) bond motifs is 4. The number of ketones is 1. The number of nitrogens with zero attached hydrogens (tertiary/aromatic N) is 1. The van der Waals surface area contributed by atoms with Crippen molar-refractivity contribution in [3.63, 3.8) is 0 Å². The Kier molecular flexibility index (Phi) is 8.92. The Bertz CT molecular complexity index is 1620. The Labute approximate surface area is 239 Å². The topological polar surface area (TPSA) is 50.2 Å². The molecule has 197 valence electrons. The zero-order valence-corrected chi connectivity index (χ0v) is 25.2. The minimum absolute atomic E-state index is 0. The molecule has 0 spiro atoms. The second-order valence-electron chi connectivity index (χ2n) is 11.4. The van der Waals surface area contributed by atoms with E-state index in [1.54, 1.807) is 0 Å². The van der Waals surface area contributed by atoms with Gasteiger partial charge in [-0.15, -0.1) is 29.1 Å². The van der Waals surface area contributed by atoms with Crippen molar-refractivity contribution in [2.45, 2.75) is 41.5 Å². The number of hydrogen-bond donors (Lipinski definition) is 1. The van der Waals surface area contributed by atoms with Crippen molar-refractivity contribution >= 4 is 38.1 Å². The molecule has 0 fully saturated rings. The van der Waals surface area contributed by atoms with Crippen molar-refractivity contribution in [1.29, 1.82) is 0 Å². The largest absolute Gasteiger partial charge is 0.512 e. The van der Waals surface area contributed by atoms with E-state index in [1.165, 1.54) is 38.4 Å². The quantitative estimate of drug-likeness (QED) is 0.0876. The fourth-order valence-corrected chi connectivity index (χ4v) is 4.05. The molecule has 1 N–H and O–H groups in total. The normalized spacial score (nSPS) is 12.1. The number of aliphatic hydroxyl groups is 1. The fraction of sp³-hybridized carbons (Fsp3) is 0.235. The number of hydrogen-bond acceptors (Lipinski definition) is 3. The zero-order valence-electron chi connectivity index (χ0n) is 22.8. The Morgan fingerprint density at radius 3 is 1.97 bits per heavy atom. The van der Waals surface area contributed by atoms with Crippen LogP contribution in [-0.2, 0) is 24.9 Å². The molecular formula is C34H34IrNO2-. The molecule has 1 heterocycles. The molecule has 0 saturated heterocycles. The third kappa shape index (κ3) is 6.38. The minimum atomic E-state index is -0.417. The third-order valence-corrected chi connectivity index (χ3v) is 6.40. The number of benzene rings is 4. The summed E-state index contributed by atoms with van der Waals surface area (Å²) in [4.78, 5) is 16.2. The van der Waals surface area contributed by atoms with Crippen molar-refractivity contribution in [3.05, 3.63) is 103 Å². The summed E-state index contributed by atoms with van der Waals surface area (Å²) in [5.74, 6) is 0.104. The molecular weight excluding hydrogens is 647 g/mol. The van der Waals surface area contributed by atoms with Crippen LogP contribution in [0.5, 0.6) is 0 Å². The Balaban J connectivity index is 0.000000248. The van der Waals surface area contributed by atoms with Gasteiger partial charge in [-0.2, -0.15) is 0 Å². The summed E-state index contributed by atoms with van der Waals surface area (Å²) < 4.78 is 0. The summed E-state index contributed by atoms with van der Waals surface area (Å²) >= 11 is 0. The van der Waals surface area contributed by atoms with Crippen LogP contribution >= 0.6 is 0 Å². The number of rotatable bonds is 2. The molecule has 5 rings (SSSR count). The van der Waals surface area contributed by atoms with Crippen LogP contribution in [0.2, 0.25) is 0 Å². The predicted octanol–water partition coefficient (Wildman–Crippen LogP) is 9.10. The van der Waals surface area contributed by atoms with Gasteiger partial charge in [-0.3, -0.25) is 4.79 Å². The molecule has 0 amide bonds. The molecule has 0 saturated carbocycles. The molecule has 4 heteroatoms. The van der Waals surface area contributed by atoms with Gasteiger partial charge in [0, 0.05) is 43.2 Å². The van der Waals surface area contributed by atoms with Gasteiger partial charge in [-0.25, -0.2) is 0 Å². The van der Waals surface area contributed by atoms with Crippen molar-refractivity contribution < 1.29 is 30.0 Å². The molecule has 0 aliphatic heterocycles. The van der Waals surface area contributed by atoms with Gasteiger partial charge in [-0.05, 0) is 33.3 Å². The van der Waals surface area contributed by atoms with Gasteiger partial charge in [0.2, 0.25) is 0 Å². The first-order valence-corrected chi connectivity index (χ1v) is 12.6. The van der Waals surface area contributed by atoms with Crippen molar-refractivity contribution in [2.24, 2.45) is 10.8 Å². The summed E-state index contributed by atoms with van der Waals surface area (Å²) in [6.45, 7) is 11.1. The standard InChI is InChI=1S/C23H14N.C11H20O2.Ir/c1-4-10-19-16(6-1)8-5-11-21(19)23-22-13-12-17-7-2-3-9-18(17)20(22)14-15-24-23;1-10(2,3)8(12)7-9(13)11(4,5)6;/h1-10,12-15H;7,12H,1-6H3;/q-1;;. The zero-order chi connectivity index (χ0) is 26.8. The van der Waals surface area contributed by atoms with Crippen LogP contribution < -0.4 is 0 Å². The van der Waals surface area contributed by atoms with Gasteiger partial charge in [0.05, 0.1) is 0 Å². The van der Waals surface area contributed by atoms with E-state index in [1.807, 2.05) is 53.8 Å². The molecule has 0 unspecified atom stereocenters. The second kappa shape index (κ2) is 11.6. The molecule has 3 nitrogen and oxygen atoms in total. The molecule has 0 aliphatic rings. The van der Waals surface area contributed by atoms with Crippen LogP contribution in [0, 0.1) is 16.9 Å². The first kappa shape index (κ1) is 29.2. The molecule has 0 aliphatic carbocycles. The number of pyridine rings is 1. The minimum Gasteiger partial charge on any atom is -0.512 e. The smallest absolute Gasteiger partial charge is 0.164 e. The SMILES string of the molecule is CC(C)(C)C(=O)C=C(O)C(C)(C)C.[Ir].[c-]1ccc2ccccc2c1-c1nccc2c1ccc1ccccc12. The van der Waals surface area contributed by atoms with Crippen LogP contribution in [0.25, 0.3) is 43.6 Å². The van der Waals surface area contributed by atoms with Crippen LogP contribution in [0.15, 0.2) is 96.9 Å². The molecule has 0 atom stereocenters. The number of carbonyl (C=O) groups excluding carboxylic acids is 1. The average Bonchev–Trinajstić information content (AvgIpc) is 2.87. The van der Waals surface area contributed by atoms with E-state index >= 15 is 0 Å². The Morgan fingerprint density at radius 2 is 1.34 bits per heavy atom. The summed E-state index contributed by atoms with van der Waals surface area (Å²) in [7, 11) is 0. The fourth-order valence-electron chi connectivity index (χ4n) is 4.05. The van der Waals surface area contributed by atoms with Crippen LogP contribution in [0.4, 0.5) is 0 Å². The van der Waals surface area contributed by atoms with Crippen LogP contribution in [-0.4, -0.2) is 15.9 Å². The number of allylic oxidation sites excluding steroid dienone is 2. The number of aliphatic hydroxyl groups excluding tert-OH is 1. The molecule has 38 heavy (non-hydrogen) atoms. The maximum Gasteiger partial charge on any atom is 0.164 e. The van der Waals surface area contributed by atoms with Gasteiger partial charge in [0.1, 0.15) is 5.76 Å². The molecule has 5 aromatic rings.